The maximum absolute atomic E-state index is 6.11. The minimum atomic E-state index is 0.305. The van der Waals surface area contributed by atoms with Crippen molar-refractivity contribution < 1.29 is 4.74 Å². The van der Waals surface area contributed by atoms with Crippen LogP contribution >= 0.6 is 0 Å². The van der Waals surface area contributed by atoms with Crippen LogP contribution in [-0.2, 0) is 0 Å². The molecule has 2 saturated heterocycles. The van der Waals surface area contributed by atoms with Crippen LogP contribution in [0.3, 0.4) is 0 Å². The van der Waals surface area contributed by atoms with Crippen molar-refractivity contribution in [3.8, 4) is 5.75 Å². The standard InChI is InChI=1S/C22H36N4O/c1-18(2)26-13-7-8-19(17-26)16-24-22(23-3)25-14-11-21(12-15-25)27-20-9-5-4-6-10-20/h4-6,9-10,18-19,21H,7-8,11-17H2,1-3H3,(H,23,24). The Labute approximate surface area is 164 Å². The molecule has 2 fully saturated rings. The molecule has 2 aliphatic rings. The molecular weight excluding hydrogens is 336 g/mol. The van der Waals surface area contributed by atoms with Crippen LogP contribution in [0.5, 0.6) is 5.75 Å². The van der Waals surface area contributed by atoms with Gasteiger partial charge in [-0.3, -0.25) is 4.99 Å². The lowest BCUT2D eigenvalue weighted by atomic mass is 9.97. The van der Waals surface area contributed by atoms with Gasteiger partial charge in [-0.1, -0.05) is 18.2 Å². The number of benzene rings is 1. The number of likely N-dealkylation sites (tertiary alicyclic amines) is 2. The van der Waals surface area contributed by atoms with Crippen LogP contribution in [0.1, 0.15) is 39.5 Å². The number of rotatable bonds is 5. The van der Waals surface area contributed by atoms with Crippen LogP contribution in [0.2, 0.25) is 0 Å². The first kappa shape index (κ1) is 20.0. The van der Waals surface area contributed by atoms with Crippen LogP contribution in [0.25, 0.3) is 0 Å². The van der Waals surface area contributed by atoms with Crippen molar-refractivity contribution >= 4 is 5.96 Å². The van der Waals surface area contributed by atoms with Gasteiger partial charge in [-0.2, -0.15) is 0 Å². The predicted octanol–water partition coefficient (Wildman–Crippen LogP) is 3.23. The number of guanidine groups is 1. The third-order valence-electron chi connectivity index (χ3n) is 5.83. The second-order valence-corrected chi connectivity index (χ2v) is 8.14. The van der Waals surface area contributed by atoms with E-state index in [2.05, 4.69) is 34.0 Å². The molecule has 3 rings (SSSR count). The van der Waals surface area contributed by atoms with Gasteiger partial charge in [-0.05, 0) is 51.3 Å². The Morgan fingerprint density at radius 2 is 1.89 bits per heavy atom. The van der Waals surface area contributed by atoms with E-state index >= 15 is 0 Å². The average Bonchev–Trinajstić information content (AvgIpc) is 2.70. The molecule has 5 nitrogen and oxygen atoms in total. The zero-order chi connectivity index (χ0) is 19.1. The van der Waals surface area contributed by atoms with Crippen LogP contribution in [-0.4, -0.2) is 67.7 Å². The highest BCUT2D eigenvalue weighted by Crippen LogP contribution is 2.20. The lowest BCUT2D eigenvalue weighted by molar-refractivity contribution is 0.127. The van der Waals surface area contributed by atoms with E-state index in [0.717, 1.165) is 50.1 Å². The van der Waals surface area contributed by atoms with Crippen LogP contribution < -0.4 is 10.1 Å². The van der Waals surface area contributed by atoms with Crippen molar-refractivity contribution in [3.63, 3.8) is 0 Å². The largest absolute Gasteiger partial charge is 0.490 e. The highest BCUT2D eigenvalue weighted by molar-refractivity contribution is 5.80. The Hall–Kier alpha value is -1.75. The Morgan fingerprint density at radius 1 is 1.15 bits per heavy atom. The fourth-order valence-corrected chi connectivity index (χ4v) is 4.18. The first-order valence-electron chi connectivity index (χ1n) is 10.6. The van der Waals surface area contributed by atoms with Crippen molar-refractivity contribution in [1.29, 1.82) is 0 Å². The monoisotopic (exact) mass is 372 g/mol. The summed E-state index contributed by atoms with van der Waals surface area (Å²) < 4.78 is 6.11. The number of ether oxygens (including phenoxy) is 1. The molecule has 0 saturated carbocycles. The lowest BCUT2D eigenvalue weighted by Crippen LogP contribution is -2.50. The van der Waals surface area contributed by atoms with Crippen molar-refractivity contribution in [1.82, 2.24) is 15.1 Å². The summed E-state index contributed by atoms with van der Waals surface area (Å²) in [6, 6.07) is 10.8. The van der Waals surface area contributed by atoms with Gasteiger partial charge in [-0.15, -0.1) is 0 Å². The minimum absolute atomic E-state index is 0.305. The molecule has 0 aromatic heterocycles. The highest BCUT2D eigenvalue weighted by atomic mass is 16.5. The minimum Gasteiger partial charge on any atom is -0.490 e. The van der Waals surface area contributed by atoms with Gasteiger partial charge in [0, 0.05) is 52.1 Å². The number of nitrogens with zero attached hydrogens (tertiary/aromatic N) is 3. The first-order chi connectivity index (χ1) is 13.2. The summed E-state index contributed by atoms with van der Waals surface area (Å²) >= 11 is 0. The van der Waals surface area contributed by atoms with E-state index in [0.29, 0.717) is 12.1 Å². The molecule has 1 atom stereocenters. The summed E-state index contributed by atoms with van der Waals surface area (Å²) in [7, 11) is 1.90. The lowest BCUT2D eigenvalue weighted by Gasteiger charge is -2.37. The number of hydrogen-bond acceptors (Lipinski definition) is 3. The van der Waals surface area contributed by atoms with Crippen molar-refractivity contribution in [2.75, 3.05) is 39.8 Å². The van der Waals surface area contributed by atoms with Crippen molar-refractivity contribution in [3.05, 3.63) is 30.3 Å². The van der Waals surface area contributed by atoms with E-state index in [1.807, 2.05) is 37.4 Å². The predicted molar refractivity (Wildman–Crippen MR) is 112 cm³/mol. The summed E-state index contributed by atoms with van der Waals surface area (Å²) in [6.07, 6.45) is 5.02. The average molecular weight is 373 g/mol. The molecular formula is C22H36N4O. The maximum atomic E-state index is 6.11. The molecule has 2 aliphatic heterocycles. The molecule has 1 aromatic carbocycles. The van der Waals surface area contributed by atoms with E-state index in [1.165, 1.54) is 25.9 Å². The number of aliphatic imine (C=N–C) groups is 1. The van der Waals surface area contributed by atoms with Crippen molar-refractivity contribution in [2.24, 2.45) is 10.9 Å². The van der Waals surface area contributed by atoms with Crippen molar-refractivity contribution in [2.45, 2.75) is 51.7 Å². The number of nitrogens with one attached hydrogen (secondary N) is 1. The van der Waals surface area contributed by atoms with Gasteiger partial charge in [-0.25, -0.2) is 0 Å². The van der Waals surface area contributed by atoms with E-state index in [1.54, 1.807) is 0 Å². The third-order valence-corrected chi connectivity index (χ3v) is 5.83. The van der Waals surface area contributed by atoms with E-state index in [9.17, 15) is 0 Å². The van der Waals surface area contributed by atoms with E-state index in [-0.39, 0.29) is 0 Å². The summed E-state index contributed by atoms with van der Waals surface area (Å²) in [5, 5.41) is 3.64. The summed E-state index contributed by atoms with van der Waals surface area (Å²) in [4.78, 5) is 9.52. The van der Waals surface area contributed by atoms with Crippen LogP contribution in [0.4, 0.5) is 0 Å². The molecule has 0 radical (unpaired) electrons. The Morgan fingerprint density at radius 3 is 2.56 bits per heavy atom. The van der Waals surface area contributed by atoms with Gasteiger partial charge in [0.05, 0.1) is 0 Å². The molecule has 1 unspecified atom stereocenters. The third kappa shape index (κ3) is 5.86. The summed E-state index contributed by atoms with van der Waals surface area (Å²) in [5.74, 6) is 2.75. The van der Waals surface area contributed by atoms with Crippen LogP contribution in [0.15, 0.2) is 35.3 Å². The first-order valence-corrected chi connectivity index (χ1v) is 10.6. The van der Waals surface area contributed by atoms with Gasteiger partial charge < -0.3 is 19.9 Å². The Bertz CT molecular complexity index is 581. The van der Waals surface area contributed by atoms with Gasteiger partial charge in [0.1, 0.15) is 11.9 Å². The molecule has 5 heteroatoms. The summed E-state index contributed by atoms with van der Waals surface area (Å²) in [6.45, 7) is 10.1. The molecule has 2 heterocycles. The van der Waals surface area contributed by atoms with Gasteiger partial charge in [0.25, 0.3) is 0 Å². The zero-order valence-electron chi connectivity index (χ0n) is 17.2. The summed E-state index contributed by atoms with van der Waals surface area (Å²) in [5.41, 5.74) is 0. The molecule has 27 heavy (non-hydrogen) atoms. The quantitative estimate of drug-likeness (QED) is 0.636. The van der Waals surface area contributed by atoms with Gasteiger partial charge in [0.2, 0.25) is 0 Å². The molecule has 1 N–H and O–H groups in total. The fraction of sp³-hybridized carbons (Fsp3) is 0.682. The highest BCUT2D eigenvalue weighted by Gasteiger charge is 2.25. The number of para-hydroxylation sites is 1. The molecule has 1 aromatic rings. The smallest absolute Gasteiger partial charge is 0.193 e. The SMILES string of the molecule is CN=C(NCC1CCCN(C(C)C)C1)N1CCC(Oc2ccccc2)CC1. The van der Waals surface area contributed by atoms with Gasteiger partial charge in [0.15, 0.2) is 5.96 Å². The molecule has 0 amide bonds. The van der Waals surface area contributed by atoms with E-state index in [4.69, 9.17) is 4.74 Å². The second-order valence-electron chi connectivity index (χ2n) is 8.14. The number of piperidine rings is 2. The fourth-order valence-electron chi connectivity index (χ4n) is 4.18. The maximum Gasteiger partial charge on any atom is 0.193 e. The Kier molecular flexibility index (Phi) is 7.39. The normalized spacial score (nSPS) is 22.9. The van der Waals surface area contributed by atoms with Gasteiger partial charge >= 0.3 is 0 Å². The van der Waals surface area contributed by atoms with E-state index < -0.39 is 0 Å². The Balaban J connectivity index is 1.42. The molecule has 0 aliphatic carbocycles. The van der Waals surface area contributed by atoms with Crippen LogP contribution in [0, 0.1) is 5.92 Å². The number of hydrogen-bond donors (Lipinski definition) is 1. The topological polar surface area (TPSA) is 40.1 Å². The molecule has 150 valence electrons. The zero-order valence-corrected chi connectivity index (χ0v) is 17.2. The molecule has 0 bridgehead atoms. The second kappa shape index (κ2) is 9.98. The molecule has 0 spiro atoms.